The molecule has 21 heavy (non-hydrogen) atoms. The third-order valence-corrected chi connectivity index (χ3v) is 4.07. The molecule has 0 radical (unpaired) electrons. The van der Waals surface area contributed by atoms with Crippen molar-refractivity contribution < 1.29 is 14.1 Å². The Labute approximate surface area is 125 Å². The van der Waals surface area contributed by atoms with Crippen molar-refractivity contribution in [3.05, 3.63) is 35.1 Å². The molecule has 1 aromatic heterocycles. The van der Waals surface area contributed by atoms with E-state index in [-0.39, 0.29) is 0 Å². The van der Waals surface area contributed by atoms with Gasteiger partial charge < -0.3 is 15.0 Å². The average Bonchev–Trinajstić information content (AvgIpc) is 2.65. The van der Waals surface area contributed by atoms with E-state index in [0.717, 1.165) is 11.0 Å². The van der Waals surface area contributed by atoms with Crippen molar-refractivity contribution in [1.82, 2.24) is 4.98 Å². The summed E-state index contributed by atoms with van der Waals surface area (Å²) in [7, 11) is -0.467. The zero-order valence-electron chi connectivity index (χ0n) is 12.9. The predicted octanol–water partition coefficient (Wildman–Crippen LogP) is 1.87. The zero-order valence-corrected chi connectivity index (χ0v) is 12.9. The Balaban J connectivity index is 2.23. The van der Waals surface area contributed by atoms with Gasteiger partial charge in [-0.3, -0.25) is 9.78 Å². The van der Waals surface area contributed by atoms with Crippen molar-refractivity contribution in [1.29, 1.82) is 0 Å². The van der Waals surface area contributed by atoms with Crippen LogP contribution in [0.3, 0.4) is 0 Å². The van der Waals surface area contributed by atoms with E-state index >= 15 is 0 Å². The minimum absolute atomic E-state index is 0.326. The van der Waals surface area contributed by atoms with Crippen LogP contribution in [0.15, 0.2) is 23.8 Å². The molecular weight excluding hydrogens is 267 g/mol. The molecule has 0 spiro atoms. The molecule has 2 N–H and O–H groups in total. The largest absolute Gasteiger partial charge is 0.491 e. The van der Waals surface area contributed by atoms with Crippen LogP contribution in [-0.2, 0) is 9.31 Å². The molecule has 0 amide bonds. The first-order chi connectivity index (χ1) is 9.79. The number of aldehydes is 1. The summed E-state index contributed by atoms with van der Waals surface area (Å²) in [4.78, 5) is 14.6. The van der Waals surface area contributed by atoms with Gasteiger partial charge in [-0.15, -0.1) is 0 Å². The molecular formula is C15H21BN2O3. The molecule has 0 unspecified atom stereocenters. The SMILES string of the molecule is CC1(C)OB(C(=Cc2ccc(C=O)nc2)CN)OC1(C)C. The molecule has 1 aliphatic heterocycles. The van der Waals surface area contributed by atoms with Crippen LogP contribution in [0.4, 0.5) is 0 Å². The van der Waals surface area contributed by atoms with Gasteiger partial charge in [0, 0.05) is 12.7 Å². The van der Waals surface area contributed by atoms with E-state index in [1.807, 2.05) is 39.8 Å². The quantitative estimate of drug-likeness (QED) is 0.676. The third kappa shape index (κ3) is 3.23. The number of carbonyl (C=O) groups is 1. The van der Waals surface area contributed by atoms with Crippen LogP contribution in [0.25, 0.3) is 6.08 Å². The van der Waals surface area contributed by atoms with Crippen molar-refractivity contribution in [3.8, 4) is 0 Å². The molecule has 0 saturated carbocycles. The minimum atomic E-state index is -0.467. The monoisotopic (exact) mass is 288 g/mol. The molecule has 6 heteroatoms. The molecule has 2 heterocycles. The summed E-state index contributed by atoms with van der Waals surface area (Å²) in [6, 6.07) is 3.48. The Kier molecular flexibility index (Phi) is 4.32. The van der Waals surface area contributed by atoms with Gasteiger partial charge in [0.2, 0.25) is 0 Å². The molecule has 0 atom stereocenters. The van der Waals surface area contributed by atoms with Gasteiger partial charge in [0.15, 0.2) is 6.29 Å². The highest BCUT2D eigenvalue weighted by Crippen LogP contribution is 2.38. The molecule has 0 aromatic carbocycles. The van der Waals surface area contributed by atoms with Crippen molar-refractivity contribution >= 4 is 19.5 Å². The van der Waals surface area contributed by atoms with Crippen molar-refractivity contribution in [3.63, 3.8) is 0 Å². The first-order valence-electron chi connectivity index (χ1n) is 6.96. The van der Waals surface area contributed by atoms with Gasteiger partial charge in [0.25, 0.3) is 0 Å². The summed E-state index contributed by atoms with van der Waals surface area (Å²) < 4.78 is 12.0. The van der Waals surface area contributed by atoms with Crippen LogP contribution in [-0.4, -0.2) is 36.1 Å². The van der Waals surface area contributed by atoms with Gasteiger partial charge in [0.05, 0.1) is 11.2 Å². The fraction of sp³-hybridized carbons (Fsp3) is 0.467. The van der Waals surface area contributed by atoms with Crippen molar-refractivity contribution in [2.45, 2.75) is 38.9 Å². The van der Waals surface area contributed by atoms with E-state index < -0.39 is 18.3 Å². The summed E-state index contributed by atoms with van der Waals surface area (Å²) in [6.45, 7) is 8.33. The highest BCUT2D eigenvalue weighted by molar-refractivity contribution is 6.55. The van der Waals surface area contributed by atoms with E-state index in [9.17, 15) is 4.79 Å². The fourth-order valence-electron chi connectivity index (χ4n) is 2.00. The van der Waals surface area contributed by atoms with E-state index in [4.69, 9.17) is 15.0 Å². The zero-order chi connectivity index (χ0) is 15.7. The van der Waals surface area contributed by atoms with Crippen molar-refractivity contribution in [2.75, 3.05) is 6.54 Å². The second-order valence-corrected chi connectivity index (χ2v) is 6.15. The van der Waals surface area contributed by atoms with E-state index in [2.05, 4.69) is 4.98 Å². The molecule has 2 rings (SSSR count). The smallest absolute Gasteiger partial charge is 0.400 e. The molecule has 0 bridgehead atoms. The average molecular weight is 288 g/mol. The van der Waals surface area contributed by atoms with E-state index in [0.29, 0.717) is 18.5 Å². The Morgan fingerprint density at radius 3 is 2.33 bits per heavy atom. The maximum Gasteiger partial charge on any atom is 0.491 e. The number of carbonyl (C=O) groups excluding carboxylic acids is 1. The normalized spacial score (nSPS) is 20.6. The molecule has 1 aromatic rings. The van der Waals surface area contributed by atoms with Crippen LogP contribution in [0, 0.1) is 0 Å². The van der Waals surface area contributed by atoms with Gasteiger partial charge >= 0.3 is 7.12 Å². The lowest BCUT2D eigenvalue weighted by Gasteiger charge is -2.32. The Hall–Kier alpha value is -1.50. The summed E-state index contributed by atoms with van der Waals surface area (Å²) in [6.07, 6.45) is 4.24. The first kappa shape index (κ1) is 15.9. The van der Waals surface area contributed by atoms with Gasteiger partial charge in [-0.25, -0.2) is 0 Å². The maximum atomic E-state index is 10.6. The van der Waals surface area contributed by atoms with Crippen LogP contribution < -0.4 is 5.73 Å². The summed E-state index contributed by atoms with van der Waals surface area (Å²) >= 11 is 0. The topological polar surface area (TPSA) is 74.4 Å². The number of hydrogen-bond donors (Lipinski definition) is 1. The van der Waals surface area contributed by atoms with Crippen LogP contribution in [0.1, 0.15) is 43.7 Å². The number of nitrogens with two attached hydrogens (primary N) is 1. The van der Waals surface area contributed by atoms with Gasteiger partial charge in [-0.1, -0.05) is 12.1 Å². The molecule has 0 aliphatic carbocycles. The first-order valence-corrected chi connectivity index (χ1v) is 6.96. The standard InChI is InChI=1S/C15H21BN2O3/c1-14(2)15(3,4)21-16(20-14)12(8-17)7-11-5-6-13(10-19)18-9-11/h5-7,9-10H,8,17H2,1-4H3. The Bertz CT molecular complexity index is 537. The molecule has 1 saturated heterocycles. The summed E-state index contributed by atoms with van der Waals surface area (Å²) in [5.74, 6) is 0. The third-order valence-electron chi connectivity index (χ3n) is 4.07. The predicted molar refractivity (Wildman–Crippen MR) is 82.7 cm³/mol. The number of nitrogens with zero attached hydrogens (tertiary/aromatic N) is 1. The number of pyridine rings is 1. The Morgan fingerprint density at radius 1 is 1.29 bits per heavy atom. The highest BCUT2D eigenvalue weighted by atomic mass is 16.7. The second-order valence-electron chi connectivity index (χ2n) is 6.15. The number of rotatable bonds is 4. The molecule has 5 nitrogen and oxygen atoms in total. The van der Waals surface area contributed by atoms with Crippen LogP contribution in [0.2, 0.25) is 0 Å². The summed E-state index contributed by atoms with van der Waals surface area (Å²) in [5.41, 5.74) is 7.13. The summed E-state index contributed by atoms with van der Waals surface area (Å²) in [5, 5.41) is 0. The van der Waals surface area contributed by atoms with E-state index in [1.165, 1.54) is 0 Å². The number of aromatic nitrogens is 1. The fourth-order valence-corrected chi connectivity index (χ4v) is 2.00. The maximum absolute atomic E-state index is 10.6. The molecule has 112 valence electrons. The Morgan fingerprint density at radius 2 is 1.90 bits per heavy atom. The molecule has 1 aliphatic rings. The van der Waals surface area contributed by atoms with Gasteiger partial charge in [0.1, 0.15) is 5.69 Å². The highest BCUT2D eigenvalue weighted by Gasteiger charge is 2.52. The van der Waals surface area contributed by atoms with Crippen molar-refractivity contribution in [2.24, 2.45) is 5.73 Å². The van der Waals surface area contributed by atoms with E-state index in [1.54, 1.807) is 12.3 Å². The lowest BCUT2D eigenvalue weighted by Crippen LogP contribution is -2.41. The lowest BCUT2D eigenvalue weighted by molar-refractivity contribution is 0.00578. The lowest BCUT2D eigenvalue weighted by atomic mass is 9.77. The van der Waals surface area contributed by atoms with Crippen LogP contribution in [0.5, 0.6) is 0 Å². The van der Waals surface area contributed by atoms with Gasteiger partial charge in [-0.2, -0.15) is 0 Å². The second kappa shape index (κ2) is 5.71. The van der Waals surface area contributed by atoms with Gasteiger partial charge in [-0.05, 0) is 44.8 Å². The number of hydrogen-bond acceptors (Lipinski definition) is 5. The minimum Gasteiger partial charge on any atom is -0.400 e. The molecule has 1 fully saturated rings. The van der Waals surface area contributed by atoms with Crippen LogP contribution >= 0.6 is 0 Å².